The molecule has 0 spiro atoms. The maximum atomic E-state index is 14.4. The van der Waals surface area contributed by atoms with Crippen LogP contribution in [0.15, 0.2) is 18.2 Å². The van der Waals surface area contributed by atoms with E-state index in [2.05, 4.69) is 12.2 Å². The summed E-state index contributed by atoms with van der Waals surface area (Å²) in [5.74, 6) is -4.70. The van der Waals surface area contributed by atoms with Gasteiger partial charge in [0.05, 0.1) is 5.69 Å². The fraction of sp³-hybridized carbons (Fsp3) is 0.455. The van der Waals surface area contributed by atoms with Crippen LogP contribution in [0.2, 0.25) is 0 Å². The normalized spacial score (nSPS) is 12.2. The zero-order chi connectivity index (χ0) is 19.4. The van der Waals surface area contributed by atoms with E-state index in [1.807, 2.05) is 0 Å². The SMILES string of the molecule is CCCCCCCCCNc1c(F)c(F)c(F)c2c1Cc1cccc(F)c1-2. The highest BCUT2D eigenvalue weighted by atomic mass is 19.2. The maximum absolute atomic E-state index is 14.4. The van der Waals surface area contributed by atoms with Gasteiger partial charge in [0.2, 0.25) is 0 Å². The average molecular weight is 379 g/mol. The average Bonchev–Trinajstić information content (AvgIpc) is 3.05. The second kappa shape index (κ2) is 8.77. The van der Waals surface area contributed by atoms with Crippen LogP contribution >= 0.6 is 0 Å². The minimum Gasteiger partial charge on any atom is -0.382 e. The molecule has 0 unspecified atom stereocenters. The van der Waals surface area contributed by atoms with E-state index in [1.165, 1.54) is 37.8 Å². The Morgan fingerprint density at radius 3 is 2.26 bits per heavy atom. The van der Waals surface area contributed by atoms with Crippen LogP contribution in [0, 0.1) is 23.3 Å². The predicted octanol–water partition coefficient (Wildman–Crippen LogP) is 6.98. The highest BCUT2D eigenvalue weighted by Crippen LogP contribution is 2.45. The van der Waals surface area contributed by atoms with E-state index < -0.39 is 23.3 Å². The Morgan fingerprint density at radius 1 is 0.815 bits per heavy atom. The maximum Gasteiger partial charge on any atom is 0.197 e. The fourth-order valence-electron chi connectivity index (χ4n) is 3.81. The van der Waals surface area contributed by atoms with Gasteiger partial charge in [0, 0.05) is 24.1 Å². The molecule has 5 heteroatoms. The summed E-state index contributed by atoms with van der Waals surface area (Å²) in [6.45, 7) is 2.64. The van der Waals surface area contributed by atoms with E-state index in [0.717, 1.165) is 19.3 Å². The Hall–Kier alpha value is -2.04. The van der Waals surface area contributed by atoms with E-state index in [0.29, 0.717) is 17.7 Å². The minimum atomic E-state index is -1.55. The van der Waals surface area contributed by atoms with Crippen molar-refractivity contribution in [1.29, 1.82) is 0 Å². The molecule has 0 saturated heterocycles. The van der Waals surface area contributed by atoms with Gasteiger partial charge in [-0.2, -0.15) is 0 Å². The molecule has 0 bridgehead atoms. The lowest BCUT2D eigenvalue weighted by atomic mass is 10.0. The summed E-state index contributed by atoms with van der Waals surface area (Å²) in [6, 6.07) is 4.39. The minimum absolute atomic E-state index is 0.0366. The van der Waals surface area contributed by atoms with Crippen LogP contribution in [0.4, 0.5) is 23.2 Å². The zero-order valence-corrected chi connectivity index (χ0v) is 15.6. The van der Waals surface area contributed by atoms with Gasteiger partial charge < -0.3 is 5.32 Å². The second-order valence-corrected chi connectivity index (χ2v) is 7.17. The lowest BCUT2D eigenvalue weighted by molar-refractivity contribution is 0.449. The van der Waals surface area contributed by atoms with Gasteiger partial charge >= 0.3 is 0 Å². The predicted molar refractivity (Wildman–Crippen MR) is 101 cm³/mol. The van der Waals surface area contributed by atoms with Gasteiger partial charge in [-0.3, -0.25) is 0 Å². The van der Waals surface area contributed by atoms with Gasteiger partial charge in [0.15, 0.2) is 17.5 Å². The zero-order valence-electron chi connectivity index (χ0n) is 15.6. The van der Waals surface area contributed by atoms with Crippen molar-refractivity contribution < 1.29 is 17.6 Å². The molecule has 0 atom stereocenters. The molecule has 1 aliphatic carbocycles. The molecular formula is C22H25F4N. The Labute approximate surface area is 157 Å². The highest BCUT2D eigenvalue weighted by molar-refractivity contribution is 5.83. The number of hydrogen-bond acceptors (Lipinski definition) is 1. The first-order valence-electron chi connectivity index (χ1n) is 9.77. The molecule has 0 fully saturated rings. The molecule has 1 aliphatic rings. The van der Waals surface area contributed by atoms with Crippen LogP contribution in [0.25, 0.3) is 11.1 Å². The molecule has 1 N–H and O–H groups in total. The summed E-state index contributed by atoms with van der Waals surface area (Å²) in [5, 5.41) is 2.93. The summed E-state index contributed by atoms with van der Waals surface area (Å²) >= 11 is 0. The molecule has 27 heavy (non-hydrogen) atoms. The first-order valence-corrected chi connectivity index (χ1v) is 9.77. The molecule has 146 valence electrons. The van der Waals surface area contributed by atoms with Crippen LogP contribution in [0.5, 0.6) is 0 Å². The van der Waals surface area contributed by atoms with Gasteiger partial charge in [-0.1, -0.05) is 57.6 Å². The number of fused-ring (bicyclic) bond motifs is 3. The quantitative estimate of drug-likeness (QED) is 0.240. The molecule has 0 saturated carbocycles. The Balaban J connectivity index is 1.73. The van der Waals surface area contributed by atoms with E-state index in [9.17, 15) is 17.6 Å². The molecule has 1 nitrogen and oxygen atoms in total. The van der Waals surface area contributed by atoms with Crippen molar-refractivity contribution in [3.63, 3.8) is 0 Å². The largest absolute Gasteiger partial charge is 0.382 e. The molecule has 0 amide bonds. The van der Waals surface area contributed by atoms with Crippen LogP contribution in [0.3, 0.4) is 0 Å². The first-order chi connectivity index (χ1) is 13.1. The summed E-state index contributed by atoms with van der Waals surface area (Å²) in [4.78, 5) is 0. The Kier molecular flexibility index (Phi) is 6.40. The third-order valence-electron chi connectivity index (χ3n) is 5.23. The van der Waals surface area contributed by atoms with Crippen LogP contribution < -0.4 is 5.32 Å². The molecule has 0 aliphatic heterocycles. The van der Waals surface area contributed by atoms with Crippen molar-refractivity contribution in [3.8, 4) is 11.1 Å². The molecule has 0 aromatic heterocycles. The van der Waals surface area contributed by atoms with E-state index >= 15 is 0 Å². The van der Waals surface area contributed by atoms with Crippen LogP contribution in [-0.4, -0.2) is 6.54 Å². The molecule has 3 rings (SSSR count). The third-order valence-corrected chi connectivity index (χ3v) is 5.23. The topological polar surface area (TPSA) is 12.0 Å². The van der Waals surface area contributed by atoms with Gasteiger partial charge in [-0.25, -0.2) is 17.6 Å². The van der Waals surface area contributed by atoms with Crippen LogP contribution in [0.1, 0.15) is 63.0 Å². The summed E-state index contributed by atoms with van der Waals surface area (Å²) in [7, 11) is 0. The fourth-order valence-corrected chi connectivity index (χ4v) is 3.81. The molecule has 0 heterocycles. The number of nitrogens with one attached hydrogen (secondary N) is 1. The van der Waals surface area contributed by atoms with Crippen molar-refractivity contribution in [1.82, 2.24) is 0 Å². The Morgan fingerprint density at radius 2 is 1.52 bits per heavy atom. The van der Waals surface area contributed by atoms with Crippen molar-refractivity contribution >= 4 is 5.69 Å². The number of unbranched alkanes of at least 4 members (excludes halogenated alkanes) is 6. The second-order valence-electron chi connectivity index (χ2n) is 7.17. The number of benzene rings is 2. The van der Waals surface area contributed by atoms with E-state index in [4.69, 9.17) is 0 Å². The summed E-state index contributed by atoms with van der Waals surface area (Å²) < 4.78 is 57.1. The van der Waals surface area contributed by atoms with Gasteiger partial charge in [-0.05, 0) is 23.6 Å². The molecule has 2 aromatic rings. The van der Waals surface area contributed by atoms with Crippen molar-refractivity contribution in [2.45, 2.75) is 58.3 Å². The number of anilines is 1. The molecule has 0 radical (unpaired) electrons. The van der Waals surface area contributed by atoms with Crippen molar-refractivity contribution in [2.24, 2.45) is 0 Å². The first kappa shape index (κ1) is 19.7. The summed E-state index contributed by atoms with van der Waals surface area (Å²) in [6.07, 6.45) is 7.95. The third kappa shape index (κ3) is 3.97. The van der Waals surface area contributed by atoms with Crippen molar-refractivity contribution in [2.75, 3.05) is 11.9 Å². The number of halogens is 4. The van der Waals surface area contributed by atoms with Gasteiger partial charge in [-0.15, -0.1) is 0 Å². The monoisotopic (exact) mass is 379 g/mol. The lowest BCUT2D eigenvalue weighted by Gasteiger charge is -2.14. The van der Waals surface area contributed by atoms with Gasteiger partial charge in [0.1, 0.15) is 5.82 Å². The number of rotatable bonds is 9. The summed E-state index contributed by atoms with van der Waals surface area (Å²) in [5.41, 5.74) is 0.708. The van der Waals surface area contributed by atoms with Gasteiger partial charge in [0.25, 0.3) is 0 Å². The molecule has 2 aromatic carbocycles. The molecular weight excluding hydrogens is 354 g/mol. The smallest absolute Gasteiger partial charge is 0.197 e. The lowest BCUT2D eigenvalue weighted by Crippen LogP contribution is -2.09. The van der Waals surface area contributed by atoms with E-state index in [-0.39, 0.29) is 23.2 Å². The van der Waals surface area contributed by atoms with Crippen molar-refractivity contribution in [3.05, 3.63) is 52.6 Å². The standard InChI is InChI=1S/C22H25F4N/c1-2-3-4-5-6-7-8-12-27-22-15-13-14-10-9-11-16(23)17(14)18(15)19(24)20(25)21(22)26/h9-11,27H,2-8,12-13H2,1H3. The Bertz CT molecular complexity index is 817. The highest BCUT2D eigenvalue weighted by Gasteiger charge is 2.32. The van der Waals surface area contributed by atoms with Crippen LogP contribution in [-0.2, 0) is 6.42 Å². The number of hydrogen-bond donors (Lipinski definition) is 1. The van der Waals surface area contributed by atoms with E-state index in [1.54, 1.807) is 6.07 Å².